The van der Waals surface area contributed by atoms with E-state index < -0.39 is 24.0 Å². The Bertz CT molecular complexity index is 760. The summed E-state index contributed by atoms with van der Waals surface area (Å²) >= 11 is 0. The highest BCUT2D eigenvalue weighted by Crippen LogP contribution is 2.10. The third kappa shape index (κ3) is 6.79. The lowest BCUT2D eigenvalue weighted by Crippen LogP contribution is -2.49. The van der Waals surface area contributed by atoms with Gasteiger partial charge in [0, 0.05) is 18.3 Å². The summed E-state index contributed by atoms with van der Waals surface area (Å²) in [6.07, 6.45) is 3.59. The van der Waals surface area contributed by atoms with E-state index in [4.69, 9.17) is 4.74 Å². The van der Waals surface area contributed by atoms with Crippen molar-refractivity contribution in [3.63, 3.8) is 0 Å². The fraction of sp³-hybridized carbons (Fsp3) is 0.450. The molecule has 1 unspecified atom stereocenters. The van der Waals surface area contributed by atoms with Gasteiger partial charge in [-0.1, -0.05) is 44.2 Å². The maximum atomic E-state index is 11.7. The lowest BCUT2D eigenvalue weighted by molar-refractivity contribution is -0.142. The zero-order chi connectivity index (χ0) is 20.5. The lowest BCUT2D eigenvalue weighted by atomic mass is 10.0. The van der Waals surface area contributed by atoms with Crippen molar-refractivity contribution in [2.75, 3.05) is 0 Å². The Kier molecular flexibility index (Phi) is 8.16. The number of benzene rings is 1. The molecule has 0 aliphatic carbocycles. The number of hydrogen-bond donors (Lipinski definition) is 3. The molecule has 0 aliphatic rings. The maximum Gasteiger partial charge on any atom is 0.321 e. The van der Waals surface area contributed by atoms with Crippen LogP contribution in [0.15, 0.2) is 42.9 Å². The predicted molar refractivity (Wildman–Crippen MR) is 103 cm³/mol. The summed E-state index contributed by atoms with van der Waals surface area (Å²) in [5.41, 5.74) is 1.69. The third-order valence-corrected chi connectivity index (χ3v) is 4.26. The Morgan fingerprint density at radius 1 is 1.14 bits per heavy atom. The molecule has 1 aromatic heterocycles. The number of imidazole rings is 1. The van der Waals surface area contributed by atoms with Crippen LogP contribution in [-0.2, 0) is 34.1 Å². The molecular formula is C20H27N3O5. The molecule has 1 aromatic carbocycles. The predicted octanol–water partition coefficient (Wildman–Crippen LogP) is 2.14. The van der Waals surface area contributed by atoms with Crippen molar-refractivity contribution in [1.82, 2.24) is 14.9 Å². The van der Waals surface area contributed by atoms with Gasteiger partial charge in [-0.25, -0.2) is 4.98 Å². The van der Waals surface area contributed by atoms with Crippen LogP contribution in [0.1, 0.15) is 31.5 Å². The Hall–Kier alpha value is -2.71. The van der Waals surface area contributed by atoms with E-state index in [1.807, 2.05) is 44.2 Å². The molecule has 2 atom stereocenters. The van der Waals surface area contributed by atoms with Crippen molar-refractivity contribution < 1.29 is 24.5 Å². The summed E-state index contributed by atoms with van der Waals surface area (Å²) in [6.45, 7) is 4.44. The third-order valence-electron chi connectivity index (χ3n) is 4.26. The smallest absolute Gasteiger partial charge is 0.321 e. The number of carboxylic acids is 2. The van der Waals surface area contributed by atoms with Crippen molar-refractivity contribution in [3.05, 3.63) is 54.1 Å². The number of nitrogens with one attached hydrogen (secondary N) is 1. The molecule has 0 aliphatic heterocycles. The zero-order valence-corrected chi connectivity index (χ0v) is 16.1. The van der Waals surface area contributed by atoms with Gasteiger partial charge in [0.25, 0.3) is 0 Å². The van der Waals surface area contributed by atoms with Crippen molar-refractivity contribution in [1.29, 1.82) is 0 Å². The van der Waals surface area contributed by atoms with Crippen LogP contribution in [0.5, 0.6) is 0 Å². The van der Waals surface area contributed by atoms with E-state index in [1.54, 1.807) is 17.1 Å². The monoisotopic (exact) mass is 389 g/mol. The van der Waals surface area contributed by atoms with Crippen LogP contribution in [0.4, 0.5) is 0 Å². The van der Waals surface area contributed by atoms with E-state index in [0.29, 0.717) is 18.7 Å². The molecule has 0 bridgehead atoms. The number of carboxylic acid groups (broad SMARTS) is 2. The lowest BCUT2D eigenvalue weighted by Gasteiger charge is -2.22. The highest BCUT2D eigenvalue weighted by molar-refractivity contribution is 5.77. The minimum absolute atomic E-state index is 0.103. The van der Waals surface area contributed by atoms with Crippen molar-refractivity contribution >= 4 is 11.9 Å². The number of rotatable bonds is 12. The second-order valence-corrected chi connectivity index (χ2v) is 7.10. The highest BCUT2D eigenvalue weighted by atomic mass is 16.5. The molecule has 8 heteroatoms. The van der Waals surface area contributed by atoms with Gasteiger partial charge in [-0.3, -0.25) is 14.9 Å². The number of aromatic nitrogens is 2. The first-order valence-corrected chi connectivity index (χ1v) is 9.19. The second-order valence-electron chi connectivity index (χ2n) is 7.10. The Morgan fingerprint density at radius 2 is 1.82 bits per heavy atom. The molecule has 2 rings (SSSR count). The molecule has 0 saturated heterocycles. The first-order chi connectivity index (χ1) is 13.4. The van der Waals surface area contributed by atoms with E-state index in [-0.39, 0.29) is 19.1 Å². The second kappa shape index (κ2) is 10.6. The van der Waals surface area contributed by atoms with Crippen LogP contribution < -0.4 is 5.32 Å². The topological polar surface area (TPSA) is 114 Å². The quantitative estimate of drug-likeness (QED) is 0.510. The van der Waals surface area contributed by atoms with Crippen LogP contribution in [0, 0.1) is 5.92 Å². The van der Waals surface area contributed by atoms with Gasteiger partial charge in [-0.05, 0) is 17.9 Å². The number of carbonyl (C=O) groups is 2. The summed E-state index contributed by atoms with van der Waals surface area (Å²) in [6, 6.07) is 7.75. The van der Waals surface area contributed by atoms with Gasteiger partial charge in [-0.15, -0.1) is 0 Å². The Morgan fingerprint density at radius 3 is 2.43 bits per heavy atom. The van der Waals surface area contributed by atoms with Gasteiger partial charge in [0.2, 0.25) is 0 Å². The molecule has 28 heavy (non-hydrogen) atoms. The van der Waals surface area contributed by atoms with Crippen molar-refractivity contribution in [2.45, 2.75) is 52.1 Å². The fourth-order valence-corrected chi connectivity index (χ4v) is 2.85. The molecule has 0 amide bonds. The zero-order valence-electron chi connectivity index (χ0n) is 16.1. The molecule has 8 nitrogen and oxygen atoms in total. The van der Waals surface area contributed by atoms with Crippen LogP contribution in [0.25, 0.3) is 0 Å². The standard InChI is InChI=1S/C20H27N3O5/c1-14(2)8-17(19(24)25)22-18(20(26)27)9-16-10-21-12-23(16)13-28-11-15-6-4-3-5-7-15/h3-7,10,12,14,17-18,22H,8-9,11,13H2,1-2H3,(H,24,25)(H,26,27)/t17?,18-/m0/s1. The van der Waals surface area contributed by atoms with Crippen LogP contribution in [0.3, 0.4) is 0 Å². The highest BCUT2D eigenvalue weighted by Gasteiger charge is 2.27. The molecule has 2 aromatic rings. The molecule has 0 saturated carbocycles. The molecule has 3 N–H and O–H groups in total. The van der Waals surface area contributed by atoms with Gasteiger partial charge < -0.3 is 19.5 Å². The number of hydrogen-bond acceptors (Lipinski definition) is 5. The van der Waals surface area contributed by atoms with Crippen molar-refractivity contribution in [2.24, 2.45) is 5.92 Å². The summed E-state index contributed by atoms with van der Waals surface area (Å²) in [7, 11) is 0. The van der Waals surface area contributed by atoms with Crippen LogP contribution in [0.2, 0.25) is 0 Å². The van der Waals surface area contributed by atoms with Crippen LogP contribution >= 0.6 is 0 Å². The van der Waals surface area contributed by atoms with Gasteiger partial charge in [0.05, 0.1) is 12.9 Å². The summed E-state index contributed by atoms with van der Waals surface area (Å²) in [5, 5.41) is 21.7. The maximum absolute atomic E-state index is 11.7. The van der Waals surface area contributed by atoms with E-state index in [1.165, 1.54) is 0 Å². The Labute approximate surface area is 164 Å². The number of ether oxygens (including phenoxy) is 1. The Balaban J connectivity index is 1.98. The first-order valence-electron chi connectivity index (χ1n) is 9.19. The fourth-order valence-electron chi connectivity index (χ4n) is 2.85. The molecule has 1 heterocycles. The van der Waals surface area contributed by atoms with E-state index in [2.05, 4.69) is 10.3 Å². The van der Waals surface area contributed by atoms with Gasteiger partial charge >= 0.3 is 11.9 Å². The number of aliphatic carboxylic acids is 2. The van der Waals surface area contributed by atoms with E-state index in [9.17, 15) is 19.8 Å². The first kappa shape index (κ1) is 21.6. The van der Waals surface area contributed by atoms with E-state index in [0.717, 1.165) is 5.56 Å². The average Bonchev–Trinajstić information content (AvgIpc) is 3.08. The van der Waals surface area contributed by atoms with Gasteiger partial charge in [0.15, 0.2) is 0 Å². The minimum atomic E-state index is -1.10. The molecule has 0 spiro atoms. The molecule has 0 fully saturated rings. The van der Waals surface area contributed by atoms with Crippen molar-refractivity contribution in [3.8, 4) is 0 Å². The SMILES string of the molecule is CC(C)CC(N[C@@H](Cc1cncn1COCc1ccccc1)C(=O)O)C(=O)O. The van der Waals surface area contributed by atoms with Gasteiger partial charge in [-0.2, -0.15) is 0 Å². The summed E-state index contributed by atoms with van der Waals surface area (Å²) < 4.78 is 7.40. The van der Waals surface area contributed by atoms with Gasteiger partial charge in [0.1, 0.15) is 18.8 Å². The van der Waals surface area contributed by atoms with Crippen LogP contribution in [-0.4, -0.2) is 43.8 Å². The average molecular weight is 389 g/mol. The summed E-state index contributed by atoms with van der Waals surface area (Å²) in [5.74, 6) is -2.03. The molecule has 0 radical (unpaired) electrons. The normalized spacial score (nSPS) is 13.4. The number of nitrogens with zero attached hydrogens (tertiary/aromatic N) is 2. The molecular weight excluding hydrogens is 362 g/mol. The largest absolute Gasteiger partial charge is 0.480 e. The molecule has 152 valence electrons. The minimum Gasteiger partial charge on any atom is -0.480 e. The summed E-state index contributed by atoms with van der Waals surface area (Å²) in [4.78, 5) is 27.2. The van der Waals surface area contributed by atoms with E-state index >= 15 is 0 Å².